The van der Waals surface area contributed by atoms with Crippen LogP contribution in [-0.2, 0) is 6.42 Å². The molecule has 1 aliphatic carbocycles. The molecular weight excluding hydrogens is 300 g/mol. The molecule has 1 aliphatic heterocycles. The summed E-state index contributed by atoms with van der Waals surface area (Å²) in [6.07, 6.45) is 5.57. The average Bonchev–Trinajstić information content (AvgIpc) is 2.50. The molecule has 132 valence electrons. The van der Waals surface area contributed by atoms with Gasteiger partial charge in [-0.3, -0.25) is 0 Å². The van der Waals surface area contributed by atoms with Crippen LogP contribution in [0.4, 0.5) is 0 Å². The van der Waals surface area contributed by atoms with Crippen molar-refractivity contribution >= 4 is 0 Å². The molecular formula is C21H30O3. The van der Waals surface area contributed by atoms with Crippen LogP contribution in [0.1, 0.15) is 69.9 Å². The van der Waals surface area contributed by atoms with E-state index in [0.717, 1.165) is 48.1 Å². The van der Waals surface area contributed by atoms with Crippen molar-refractivity contribution in [3.63, 3.8) is 0 Å². The number of rotatable bonds is 4. The van der Waals surface area contributed by atoms with E-state index in [-0.39, 0.29) is 23.2 Å². The minimum atomic E-state index is -0.609. The Labute approximate surface area is 145 Å². The highest BCUT2D eigenvalue weighted by atomic mass is 16.5. The highest BCUT2D eigenvalue weighted by Crippen LogP contribution is 2.55. The summed E-state index contributed by atoms with van der Waals surface area (Å²) in [6.45, 7) is 10.4. The summed E-state index contributed by atoms with van der Waals surface area (Å²) in [7, 11) is 0. The van der Waals surface area contributed by atoms with Gasteiger partial charge < -0.3 is 14.9 Å². The van der Waals surface area contributed by atoms with Crippen LogP contribution in [0.25, 0.3) is 0 Å². The van der Waals surface area contributed by atoms with Gasteiger partial charge in [-0.15, -0.1) is 0 Å². The van der Waals surface area contributed by atoms with E-state index in [1.54, 1.807) is 0 Å². The molecule has 0 saturated heterocycles. The quantitative estimate of drug-likeness (QED) is 0.621. The molecule has 24 heavy (non-hydrogen) atoms. The van der Waals surface area contributed by atoms with E-state index in [1.807, 2.05) is 6.07 Å². The zero-order valence-corrected chi connectivity index (χ0v) is 15.1. The summed E-state index contributed by atoms with van der Waals surface area (Å²) in [5.41, 5.74) is 2.39. The Morgan fingerprint density at radius 2 is 2.04 bits per heavy atom. The van der Waals surface area contributed by atoms with Crippen molar-refractivity contribution in [3.8, 4) is 11.5 Å². The van der Waals surface area contributed by atoms with Crippen LogP contribution in [-0.4, -0.2) is 21.9 Å². The number of hydrogen-bond donors (Lipinski definition) is 2. The van der Waals surface area contributed by atoms with Gasteiger partial charge in [-0.1, -0.05) is 26.3 Å². The first-order valence-electron chi connectivity index (χ1n) is 9.25. The number of aryl methyl sites for hydroxylation is 1. The summed E-state index contributed by atoms with van der Waals surface area (Å²) in [4.78, 5) is 0. The maximum absolute atomic E-state index is 10.8. The minimum Gasteiger partial charge on any atom is -0.508 e. The highest BCUT2D eigenvalue weighted by Gasteiger charge is 2.50. The van der Waals surface area contributed by atoms with Crippen molar-refractivity contribution in [1.82, 2.24) is 0 Å². The number of aliphatic hydroxyl groups excluding tert-OH is 1. The zero-order chi connectivity index (χ0) is 17.5. The summed E-state index contributed by atoms with van der Waals surface area (Å²) in [5.74, 6) is 1.05. The second-order valence-electron chi connectivity index (χ2n) is 7.96. The lowest BCUT2D eigenvalue weighted by Crippen LogP contribution is -2.50. The molecule has 0 radical (unpaired) electrons. The highest BCUT2D eigenvalue weighted by molar-refractivity contribution is 5.53. The van der Waals surface area contributed by atoms with Gasteiger partial charge in [0.05, 0.1) is 6.10 Å². The van der Waals surface area contributed by atoms with E-state index in [9.17, 15) is 10.2 Å². The fourth-order valence-electron chi connectivity index (χ4n) is 4.45. The summed E-state index contributed by atoms with van der Waals surface area (Å²) in [6, 6.07) is 3.92. The number of phenols is 1. The first-order chi connectivity index (χ1) is 11.3. The first-order valence-corrected chi connectivity index (χ1v) is 9.25. The van der Waals surface area contributed by atoms with Crippen molar-refractivity contribution < 1.29 is 14.9 Å². The number of phenolic OH excluding ortho intramolecular Hbond substituents is 1. The fraction of sp³-hybridized carbons (Fsp3) is 0.619. The van der Waals surface area contributed by atoms with E-state index >= 15 is 0 Å². The molecule has 3 heteroatoms. The lowest BCUT2D eigenvalue weighted by molar-refractivity contribution is -0.0321. The molecule has 0 amide bonds. The van der Waals surface area contributed by atoms with Crippen LogP contribution >= 0.6 is 0 Å². The summed E-state index contributed by atoms with van der Waals surface area (Å²) < 4.78 is 6.30. The lowest BCUT2D eigenvalue weighted by Gasteiger charge is -2.49. The Morgan fingerprint density at radius 3 is 2.75 bits per heavy atom. The molecule has 1 aromatic carbocycles. The Bertz CT molecular complexity index is 632. The Kier molecular flexibility index (Phi) is 4.65. The number of benzene rings is 1. The number of hydrogen-bond acceptors (Lipinski definition) is 3. The van der Waals surface area contributed by atoms with Gasteiger partial charge in [0.25, 0.3) is 0 Å². The number of aromatic hydroxyl groups is 1. The number of ether oxygens (including phenoxy) is 1. The molecule has 3 atom stereocenters. The maximum atomic E-state index is 10.8. The normalized spacial score (nSPS) is 28.0. The summed E-state index contributed by atoms with van der Waals surface area (Å²) >= 11 is 0. The molecule has 3 nitrogen and oxygen atoms in total. The van der Waals surface area contributed by atoms with E-state index < -0.39 is 6.10 Å². The lowest BCUT2D eigenvalue weighted by atomic mass is 9.64. The van der Waals surface area contributed by atoms with Gasteiger partial charge in [0.15, 0.2) is 0 Å². The van der Waals surface area contributed by atoms with Gasteiger partial charge in [-0.25, -0.2) is 0 Å². The molecule has 1 heterocycles. The number of fused-ring (bicyclic) bond motifs is 3. The van der Waals surface area contributed by atoms with Gasteiger partial charge in [0, 0.05) is 17.4 Å². The van der Waals surface area contributed by atoms with Crippen LogP contribution in [0.3, 0.4) is 0 Å². The Morgan fingerprint density at radius 1 is 1.29 bits per heavy atom. The molecule has 2 N–H and O–H groups in total. The second kappa shape index (κ2) is 6.44. The van der Waals surface area contributed by atoms with Crippen molar-refractivity contribution in [2.75, 3.05) is 0 Å². The molecule has 1 fully saturated rings. The molecule has 1 aromatic rings. The predicted molar refractivity (Wildman–Crippen MR) is 96.7 cm³/mol. The molecule has 0 bridgehead atoms. The van der Waals surface area contributed by atoms with Crippen LogP contribution in [0, 0.1) is 5.92 Å². The molecule has 1 saturated carbocycles. The predicted octanol–water partition coefficient (Wildman–Crippen LogP) is 4.71. The largest absolute Gasteiger partial charge is 0.508 e. The minimum absolute atomic E-state index is 0.130. The van der Waals surface area contributed by atoms with Crippen LogP contribution in [0.15, 0.2) is 24.3 Å². The maximum Gasteiger partial charge on any atom is 0.127 e. The van der Waals surface area contributed by atoms with Crippen molar-refractivity contribution in [1.29, 1.82) is 0 Å². The van der Waals surface area contributed by atoms with Crippen LogP contribution < -0.4 is 4.74 Å². The van der Waals surface area contributed by atoms with Gasteiger partial charge in [0.1, 0.15) is 17.1 Å². The third kappa shape index (κ3) is 2.95. The topological polar surface area (TPSA) is 49.7 Å². The van der Waals surface area contributed by atoms with Crippen LogP contribution in [0.2, 0.25) is 0 Å². The van der Waals surface area contributed by atoms with E-state index in [0.29, 0.717) is 0 Å². The van der Waals surface area contributed by atoms with Gasteiger partial charge >= 0.3 is 0 Å². The third-order valence-electron chi connectivity index (χ3n) is 5.82. The number of unbranched alkanes of at least 4 members (excludes halogenated alkanes) is 2. The zero-order valence-electron chi connectivity index (χ0n) is 15.1. The van der Waals surface area contributed by atoms with Crippen molar-refractivity contribution in [2.45, 2.75) is 76.9 Å². The average molecular weight is 330 g/mol. The standard InChI is InChI=1S/C21H30O3/c1-5-6-7-8-14-11-16(22)19-17(12-14)24-21(3,4)15-10-9-13(2)20(23)18(15)19/h11-12,15,18,20,22-23H,2,5-10H2,1,3-4H3/t15-,18-,20+/m1/s1. The van der Waals surface area contributed by atoms with Crippen molar-refractivity contribution in [2.24, 2.45) is 5.92 Å². The van der Waals surface area contributed by atoms with Gasteiger partial charge in [-0.05, 0) is 62.8 Å². The van der Waals surface area contributed by atoms with Gasteiger partial charge in [-0.2, -0.15) is 0 Å². The molecule has 0 aromatic heterocycles. The van der Waals surface area contributed by atoms with Crippen LogP contribution in [0.5, 0.6) is 11.5 Å². The smallest absolute Gasteiger partial charge is 0.127 e. The van der Waals surface area contributed by atoms with E-state index in [2.05, 4.69) is 33.4 Å². The SMILES string of the molecule is C=C1CC[C@@H]2[C@H](c3c(O)cc(CCCCC)cc3OC2(C)C)[C@H]1O. The third-order valence-corrected chi connectivity index (χ3v) is 5.82. The van der Waals surface area contributed by atoms with E-state index in [4.69, 9.17) is 4.74 Å². The second-order valence-corrected chi connectivity index (χ2v) is 7.96. The number of aliphatic hydroxyl groups is 1. The fourth-order valence-corrected chi connectivity index (χ4v) is 4.45. The first kappa shape index (κ1) is 17.3. The monoisotopic (exact) mass is 330 g/mol. The summed E-state index contributed by atoms with van der Waals surface area (Å²) in [5, 5.41) is 21.4. The van der Waals surface area contributed by atoms with E-state index in [1.165, 1.54) is 12.8 Å². The Hall–Kier alpha value is -1.48. The molecule has 0 unspecified atom stereocenters. The molecule has 3 rings (SSSR count). The molecule has 2 aliphatic rings. The Balaban J connectivity index is 2.01. The molecule has 0 spiro atoms. The van der Waals surface area contributed by atoms with Crippen molar-refractivity contribution in [3.05, 3.63) is 35.4 Å². The van der Waals surface area contributed by atoms with Gasteiger partial charge in [0.2, 0.25) is 0 Å².